The van der Waals surface area contributed by atoms with Crippen LogP contribution in [0.4, 0.5) is 0 Å². The zero-order valence-corrected chi connectivity index (χ0v) is 13.0. The lowest BCUT2D eigenvalue weighted by Gasteiger charge is -2.35. The molecule has 1 saturated carbocycles. The van der Waals surface area contributed by atoms with Crippen molar-refractivity contribution < 1.29 is 4.79 Å². The number of hydrogen-bond acceptors (Lipinski definition) is 2. The number of carbonyl (C=O) groups is 1. The average molecular weight is 268 g/mol. The minimum Gasteiger partial charge on any atom is -0.342 e. The molecule has 0 aromatic rings. The predicted molar refractivity (Wildman–Crippen MR) is 80.9 cm³/mol. The number of unbranched alkanes of at least 4 members (excludes halogenated alkanes) is 2. The summed E-state index contributed by atoms with van der Waals surface area (Å²) in [4.78, 5) is 14.8. The van der Waals surface area contributed by atoms with E-state index < -0.39 is 0 Å². The van der Waals surface area contributed by atoms with Crippen LogP contribution in [0.15, 0.2) is 0 Å². The smallest absolute Gasteiger partial charge is 0.225 e. The molecule has 0 aromatic carbocycles. The summed E-state index contributed by atoms with van der Waals surface area (Å²) in [7, 11) is 0. The van der Waals surface area contributed by atoms with Crippen molar-refractivity contribution in [1.82, 2.24) is 4.90 Å². The van der Waals surface area contributed by atoms with Crippen LogP contribution in [0.3, 0.4) is 0 Å². The van der Waals surface area contributed by atoms with Gasteiger partial charge in [0.2, 0.25) is 5.91 Å². The van der Waals surface area contributed by atoms with Gasteiger partial charge in [-0.3, -0.25) is 4.79 Å². The Morgan fingerprint density at radius 2 is 1.74 bits per heavy atom. The highest BCUT2D eigenvalue weighted by Gasteiger charge is 2.33. The Morgan fingerprint density at radius 1 is 1.16 bits per heavy atom. The zero-order chi connectivity index (χ0) is 14.3. The molecule has 19 heavy (non-hydrogen) atoms. The van der Waals surface area contributed by atoms with Gasteiger partial charge in [0.15, 0.2) is 0 Å². The van der Waals surface area contributed by atoms with Crippen molar-refractivity contribution in [2.24, 2.45) is 17.6 Å². The van der Waals surface area contributed by atoms with Gasteiger partial charge >= 0.3 is 0 Å². The Kier molecular flexibility index (Phi) is 7.44. The molecule has 0 saturated heterocycles. The summed E-state index contributed by atoms with van der Waals surface area (Å²) in [6.07, 6.45) is 7.55. The summed E-state index contributed by atoms with van der Waals surface area (Å²) >= 11 is 0. The van der Waals surface area contributed by atoms with E-state index in [-0.39, 0.29) is 5.92 Å². The van der Waals surface area contributed by atoms with Crippen molar-refractivity contribution in [3.8, 4) is 0 Å². The number of nitrogens with two attached hydrogens (primary N) is 1. The summed E-state index contributed by atoms with van der Waals surface area (Å²) < 4.78 is 0. The number of carbonyl (C=O) groups excluding carboxylic acids is 1. The van der Waals surface area contributed by atoms with Crippen molar-refractivity contribution in [2.45, 2.75) is 71.8 Å². The Labute approximate surface area is 118 Å². The lowest BCUT2D eigenvalue weighted by atomic mass is 9.77. The highest BCUT2D eigenvalue weighted by atomic mass is 16.2. The number of amides is 1. The maximum atomic E-state index is 12.7. The van der Waals surface area contributed by atoms with Gasteiger partial charge in [0.1, 0.15) is 0 Å². The largest absolute Gasteiger partial charge is 0.342 e. The van der Waals surface area contributed by atoms with E-state index in [1.807, 2.05) is 0 Å². The van der Waals surface area contributed by atoms with Crippen LogP contribution < -0.4 is 5.73 Å². The first kappa shape index (κ1) is 16.5. The molecule has 3 unspecified atom stereocenters. The molecule has 3 nitrogen and oxygen atoms in total. The van der Waals surface area contributed by atoms with Gasteiger partial charge in [-0.15, -0.1) is 0 Å². The van der Waals surface area contributed by atoms with Gasteiger partial charge in [-0.2, -0.15) is 0 Å². The van der Waals surface area contributed by atoms with Crippen LogP contribution in [0.25, 0.3) is 0 Å². The van der Waals surface area contributed by atoms with Crippen LogP contribution >= 0.6 is 0 Å². The van der Waals surface area contributed by atoms with Gasteiger partial charge in [0.05, 0.1) is 0 Å². The minimum absolute atomic E-state index is 0.216. The van der Waals surface area contributed by atoms with E-state index in [9.17, 15) is 4.79 Å². The third kappa shape index (κ3) is 5.13. The van der Waals surface area contributed by atoms with Crippen molar-refractivity contribution in [3.05, 3.63) is 0 Å². The molecule has 0 radical (unpaired) electrons. The molecule has 3 atom stereocenters. The van der Waals surface area contributed by atoms with E-state index in [1.165, 1.54) is 0 Å². The molecule has 112 valence electrons. The van der Waals surface area contributed by atoms with Gasteiger partial charge in [0, 0.05) is 25.0 Å². The van der Waals surface area contributed by atoms with Gasteiger partial charge in [-0.25, -0.2) is 0 Å². The molecular formula is C16H32N2O. The molecule has 0 aliphatic heterocycles. The molecule has 1 rings (SSSR count). The summed E-state index contributed by atoms with van der Waals surface area (Å²) in [5.74, 6) is 1.05. The summed E-state index contributed by atoms with van der Waals surface area (Å²) in [5, 5.41) is 0. The molecule has 1 aliphatic rings. The van der Waals surface area contributed by atoms with E-state index >= 15 is 0 Å². The van der Waals surface area contributed by atoms with Crippen LogP contribution in [0.5, 0.6) is 0 Å². The second-order valence-corrected chi connectivity index (χ2v) is 6.19. The molecule has 0 aromatic heterocycles. The fraction of sp³-hybridized carbons (Fsp3) is 0.938. The van der Waals surface area contributed by atoms with E-state index in [0.717, 1.165) is 58.0 Å². The molecule has 2 N–H and O–H groups in total. The van der Waals surface area contributed by atoms with Gasteiger partial charge in [-0.05, 0) is 38.0 Å². The Bertz CT molecular complexity index is 259. The highest BCUT2D eigenvalue weighted by molar-refractivity contribution is 5.79. The summed E-state index contributed by atoms with van der Waals surface area (Å²) in [6.45, 7) is 8.43. The fourth-order valence-corrected chi connectivity index (χ4v) is 3.07. The average Bonchev–Trinajstić information content (AvgIpc) is 2.38. The van der Waals surface area contributed by atoms with Crippen molar-refractivity contribution >= 4 is 5.91 Å². The molecule has 1 amide bonds. The molecule has 3 heteroatoms. The first-order valence-electron chi connectivity index (χ1n) is 8.14. The van der Waals surface area contributed by atoms with Crippen LogP contribution in [0.1, 0.15) is 65.7 Å². The Morgan fingerprint density at radius 3 is 2.21 bits per heavy atom. The van der Waals surface area contributed by atoms with Crippen LogP contribution in [0, 0.1) is 11.8 Å². The van der Waals surface area contributed by atoms with Crippen molar-refractivity contribution in [1.29, 1.82) is 0 Å². The molecule has 0 bridgehead atoms. The van der Waals surface area contributed by atoms with Gasteiger partial charge in [-0.1, -0.05) is 33.6 Å². The van der Waals surface area contributed by atoms with Crippen LogP contribution in [-0.4, -0.2) is 29.9 Å². The van der Waals surface area contributed by atoms with Crippen molar-refractivity contribution in [2.75, 3.05) is 13.1 Å². The van der Waals surface area contributed by atoms with E-state index in [0.29, 0.717) is 17.9 Å². The normalized spacial score (nSPS) is 27.3. The summed E-state index contributed by atoms with van der Waals surface area (Å²) in [6, 6.07) is 0.304. The maximum absolute atomic E-state index is 12.7. The first-order chi connectivity index (χ1) is 9.10. The summed E-state index contributed by atoms with van der Waals surface area (Å²) in [5.41, 5.74) is 6.00. The third-order valence-electron chi connectivity index (χ3n) is 4.40. The van der Waals surface area contributed by atoms with Crippen LogP contribution in [-0.2, 0) is 4.79 Å². The second-order valence-electron chi connectivity index (χ2n) is 6.19. The maximum Gasteiger partial charge on any atom is 0.225 e. The van der Waals surface area contributed by atoms with E-state index in [1.54, 1.807) is 0 Å². The Balaban J connectivity index is 2.58. The van der Waals surface area contributed by atoms with Gasteiger partial charge < -0.3 is 10.6 Å². The van der Waals surface area contributed by atoms with Crippen molar-refractivity contribution in [3.63, 3.8) is 0 Å². The molecule has 1 aliphatic carbocycles. The number of hydrogen-bond donors (Lipinski definition) is 1. The van der Waals surface area contributed by atoms with E-state index in [2.05, 4.69) is 25.7 Å². The van der Waals surface area contributed by atoms with Crippen LogP contribution in [0.2, 0.25) is 0 Å². The third-order valence-corrected chi connectivity index (χ3v) is 4.40. The molecule has 1 fully saturated rings. The Hall–Kier alpha value is -0.570. The topological polar surface area (TPSA) is 46.3 Å². The molecule has 0 spiro atoms. The zero-order valence-electron chi connectivity index (χ0n) is 13.0. The lowest BCUT2D eigenvalue weighted by molar-refractivity contribution is -0.138. The number of rotatable bonds is 7. The fourth-order valence-electron chi connectivity index (χ4n) is 3.07. The highest BCUT2D eigenvalue weighted by Crippen LogP contribution is 2.30. The van der Waals surface area contributed by atoms with E-state index in [4.69, 9.17) is 5.73 Å². The lowest BCUT2D eigenvalue weighted by Crippen LogP contribution is -2.43. The molecule has 0 heterocycles. The minimum atomic E-state index is 0.216. The SMILES string of the molecule is CCCCN(CCCC)C(=O)C1CCC(N)CC1C. The standard InChI is InChI=1S/C16H32N2O/c1-4-6-10-18(11-7-5-2)16(19)15-9-8-14(17)12-13(15)3/h13-15H,4-12,17H2,1-3H3. The second kappa shape index (κ2) is 8.57. The predicted octanol–water partition coefficient (Wildman–Crippen LogP) is 3.18. The monoisotopic (exact) mass is 268 g/mol. The number of nitrogens with zero attached hydrogens (tertiary/aromatic N) is 1. The quantitative estimate of drug-likeness (QED) is 0.771. The van der Waals surface area contributed by atoms with Gasteiger partial charge in [0.25, 0.3) is 0 Å². The molecular weight excluding hydrogens is 236 g/mol. The first-order valence-corrected chi connectivity index (χ1v) is 8.14.